The van der Waals surface area contributed by atoms with E-state index in [1.807, 2.05) is 18.2 Å². The number of aliphatic imine (C=N–C) groups is 1. The summed E-state index contributed by atoms with van der Waals surface area (Å²) < 4.78 is 14.9. The van der Waals surface area contributed by atoms with Crippen molar-refractivity contribution >= 4 is 11.9 Å². The second-order valence-corrected chi connectivity index (χ2v) is 2.47. The lowest BCUT2D eigenvalue weighted by atomic mass is 10.2. The van der Waals surface area contributed by atoms with Crippen molar-refractivity contribution in [1.82, 2.24) is 4.98 Å². The first-order chi connectivity index (χ1) is 6.67. The summed E-state index contributed by atoms with van der Waals surface area (Å²) in [4.78, 5) is 8.20. The number of pyridine rings is 1. The van der Waals surface area contributed by atoms with Gasteiger partial charge in [-0.05, 0) is 24.9 Å². The average molecular weight is 160 g/mol. The van der Waals surface area contributed by atoms with E-state index in [0.717, 1.165) is 11.4 Å². The van der Waals surface area contributed by atoms with E-state index < -0.39 is 6.37 Å². The van der Waals surface area contributed by atoms with Crippen LogP contribution in [0, 0.1) is 0 Å². The fourth-order valence-electron chi connectivity index (χ4n) is 1.06. The first kappa shape index (κ1) is 5.25. The zero-order valence-corrected chi connectivity index (χ0v) is 6.57. The van der Waals surface area contributed by atoms with Crippen LogP contribution in [0.1, 0.15) is 21.2 Å². The molecular weight excluding hydrogens is 148 g/mol. The molecule has 0 amide bonds. The Morgan fingerprint density at radius 1 is 1.42 bits per heavy atom. The van der Waals surface area contributed by atoms with Crippen LogP contribution >= 0.6 is 0 Å². The predicted molar refractivity (Wildman–Crippen MR) is 49.9 cm³/mol. The van der Waals surface area contributed by atoms with Crippen molar-refractivity contribution in [2.75, 3.05) is 0 Å². The largest absolute Gasteiger partial charge is 0.259 e. The fourth-order valence-corrected chi connectivity index (χ4v) is 1.06. The quantitative estimate of drug-likeness (QED) is 0.618. The van der Waals surface area contributed by atoms with Crippen molar-refractivity contribution in [3.05, 3.63) is 36.2 Å². The normalized spacial score (nSPS) is 22.5. The van der Waals surface area contributed by atoms with Crippen molar-refractivity contribution in [3.63, 3.8) is 0 Å². The van der Waals surface area contributed by atoms with E-state index in [2.05, 4.69) is 9.98 Å². The van der Waals surface area contributed by atoms with Crippen LogP contribution in [0.15, 0.2) is 35.5 Å². The number of hydrogen-bond acceptors (Lipinski definition) is 2. The maximum absolute atomic E-state index is 7.43. The molecule has 0 aromatic carbocycles. The van der Waals surface area contributed by atoms with Crippen molar-refractivity contribution in [2.45, 2.75) is 12.8 Å². The van der Waals surface area contributed by atoms with Gasteiger partial charge in [0.25, 0.3) is 0 Å². The van der Waals surface area contributed by atoms with Crippen LogP contribution in [0.2, 0.25) is 0 Å². The van der Waals surface area contributed by atoms with Crippen LogP contribution in [-0.4, -0.2) is 11.2 Å². The minimum Gasteiger partial charge on any atom is -0.259 e. The molecule has 60 valence electrons. The lowest BCUT2D eigenvalue weighted by Crippen LogP contribution is -1.90. The fraction of sp³-hybridized carbons (Fsp3) is 0.200. The smallest absolute Gasteiger partial charge is 0.0882 e. The van der Waals surface area contributed by atoms with E-state index >= 15 is 0 Å². The van der Waals surface area contributed by atoms with Crippen LogP contribution in [0.5, 0.6) is 0 Å². The third kappa shape index (κ3) is 1.42. The first-order valence-corrected chi connectivity index (χ1v) is 3.84. The Morgan fingerprint density at radius 2 is 2.42 bits per heavy atom. The maximum Gasteiger partial charge on any atom is 0.0882 e. The summed E-state index contributed by atoms with van der Waals surface area (Å²) in [7, 11) is 0. The van der Waals surface area contributed by atoms with Crippen LogP contribution in [-0.2, 0) is 0 Å². The Balaban J connectivity index is 2.25. The summed E-state index contributed by atoms with van der Waals surface area (Å²) >= 11 is 0. The average Bonchev–Trinajstić information content (AvgIpc) is 2.19. The molecule has 1 aromatic rings. The maximum atomic E-state index is 7.43. The Morgan fingerprint density at radius 3 is 3.08 bits per heavy atom. The van der Waals surface area contributed by atoms with E-state index in [-0.39, 0.29) is 0 Å². The molecular formula is C10H10N2. The number of rotatable bonds is 1. The zero-order valence-electron chi connectivity index (χ0n) is 8.57. The highest BCUT2D eigenvalue weighted by Crippen LogP contribution is 2.16. The molecule has 0 unspecified atom stereocenters. The number of allylic oxidation sites excluding steroid dienone is 1. The van der Waals surface area contributed by atoms with Crippen molar-refractivity contribution in [1.29, 1.82) is 0 Å². The van der Waals surface area contributed by atoms with Gasteiger partial charge in [0.1, 0.15) is 0 Å². The first-order valence-electron chi connectivity index (χ1n) is 4.84. The van der Waals surface area contributed by atoms with Crippen LogP contribution in [0.25, 0.3) is 5.70 Å². The van der Waals surface area contributed by atoms with E-state index in [4.69, 9.17) is 2.74 Å². The van der Waals surface area contributed by atoms with Gasteiger partial charge in [-0.3, -0.25) is 9.98 Å². The second-order valence-electron chi connectivity index (χ2n) is 2.47. The molecule has 0 fully saturated rings. The van der Waals surface area contributed by atoms with Crippen molar-refractivity contribution in [2.24, 2.45) is 4.99 Å². The number of aromatic nitrogens is 1. The second kappa shape index (κ2) is 3.30. The molecule has 0 aliphatic carbocycles. The minimum absolute atomic E-state index is 0.363. The summed E-state index contributed by atoms with van der Waals surface area (Å²) in [6.07, 6.45) is 3.88. The summed E-state index contributed by atoms with van der Waals surface area (Å²) in [5.41, 5.74) is 1.54. The molecule has 1 aliphatic heterocycles. The SMILES string of the molecule is [2H]C1([2H])C=NC(c2ccccn2)=CC1. The van der Waals surface area contributed by atoms with Crippen molar-refractivity contribution < 1.29 is 2.74 Å². The van der Waals surface area contributed by atoms with Gasteiger partial charge in [-0.1, -0.05) is 12.1 Å². The molecule has 0 radical (unpaired) electrons. The zero-order chi connectivity index (χ0) is 10.0. The third-order valence-electron chi connectivity index (χ3n) is 1.64. The molecule has 2 heteroatoms. The van der Waals surface area contributed by atoms with Crippen molar-refractivity contribution in [3.8, 4) is 0 Å². The molecule has 1 aliphatic rings. The molecule has 0 atom stereocenters. The van der Waals surface area contributed by atoms with Gasteiger partial charge in [0, 0.05) is 15.2 Å². The highest BCUT2D eigenvalue weighted by atomic mass is 14.8. The molecule has 2 nitrogen and oxygen atoms in total. The highest BCUT2D eigenvalue weighted by Gasteiger charge is 2.01. The summed E-state index contributed by atoms with van der Waals surface area (Å²) in [6.45, 7) is 0. The topological polar surface area (TPSA) is 25.2 Å². The minimum atomic E-state index is -1.31. The molecule has 0 saturated heterocycles. The highest BCUT2D eigenvalue weighted by molar-refractivity contribution is 5.74. The monoisotopic (exact) mass is 160 g/mol. The van der Waals surface area contributed by atoms with E-state index in [0.29, 0.717) is 6.42 Å². The lowest BCUT2D eigenvalue weighted by molar-refractivity contribution is 1.08. The molecule has 0 spiro atoms. The van der Waals surface area contributed by atoms with Gasteiger partial charge in [-0.15, -0.1) is 0 Å². The van der Waals surface area contributed by atoms with Crippen LogP contribution in [0.3, 0.4) is 0 Å². The Bertz CT molecular complexity index is 382. The molecule has 12 heavy (non-hydrogen) atoms. The van der Waals surface area contributed by atoms with E-state index in [1.165, 1.54) is 6.21 Å². The van der Waals surface area contributed by atoms with Gasteiger partial charge in [-0.25, -0.2) is 0 Å². The number of hydrogen-bond donors (Lipinski definition) is 0. The standard InChI is InChI=1S/C10H10N2/c1-3-7-11-9(5-1)10-6-2-4-8-12-10/h1,3,5-8H,2,4H2/i4D2. The molecule has 0 N–H and O–H groups in total. The van der Waals surface area contributed by atoms with Gasteiger partial charge in [0.05, 0.1) is 11.4 Å². The summed E-state index contributed by atoms with van der Waals surface area (Å²) in [6, 6.07) is 5.60. The molecule has 1 aromatic heterocycles. The van der Waals surface area contributed by atoms with Crippen LogP contribution in [0.4, 0.5) is 0 Å². The Kier molecular flexibility index (Phi) is 1.45. The molecule has 2 heterocycles. The van der Waals surface area contributed by atoms with E-state index in [9.17, 15) is 0 Å². The predicted octanol–water partition coefficient (Wildman–Crippen LogP) is 2.29. The van der Waals surface area contributed by atoms with Gasteiger partial charge in [0.15, 0.2) is 0 Å². The summed E-state index contributed by atoms with van der Waals surface area (Å²) in [5, 5.41) is 0. The van der Waals surface area contributed by atoms with Gasteiger partial charge in [0.2, 0.25) is 0 Å². The van der Waals surface area contributed by atoms with Gasteiger partial charge >= 0.3 is 0 Å². The van der Waals surface area contributed by atoms with Gasteiger partial charge in [-0.2, -0.15) is 0 Å². The molecule has 0 saturated carbocycles. The Labute approximate surface area is 74.5 Å². The molecule has 0 bridgehead atoms. The van der Waals surface area contributed by atoms with Crippen LogP contribution < -0.4 is 0 Å². The third-order valence-corrected chi connectivity index (χ3v) is 1.64. The summed E-state index contributed by atoms with van der Waals surface area (Å²) in [5.74, 6) is 0. The number of nitrogens with zero attached hydrogens (tertiary/aromatic N) is 2. The Hall–Kier alpha value is -1.44. The van der Waals surface area contributed by atoms with E-state index in [1.54, 1.807) is 12.3 Å². The molecule has 2 rings (SSSR count). The van der Waals surface area contributed by atoms with Gasteiger partial charge < -0.3 is 0 Å². The lowest BCUT2D eigenvalue weighted by Gasteiger charge is -2.03.